The minimum atomic E-state index is -4.53. The number of hydrogen-bond acceptors (Lipinski definition) is 6. The predicted octanol–water partition coefficient (Wildman–Crippen LogP) is 6.28. The molecule has 1 aliphatic heterocycles. The molecule has 0 bridgehead atoms. The van der Waals surface area contributed by atoms with Gasteiger partial charge in [0, 0.05) is 45.7 Å². The first-order valence-electron chi connectivity index (χ1n) is 12.2. The molecule has 0 spiro atoms. The largest absolute Gasteiger partial charge is 0.744 e. The highest BCUT2D eigenvalue weighted by molar-refractivity contribution is 9.13. The Hall–Kier alpha value is -2.62. The maximum Gasteiger partial charge on any atom is 0.282 e. The van der Waals surface area contributed by atoms with E-state index >= 15 is 0 Å². The molecule has 1 aliphatic rings. The van der Waals surface area contributed by atoms with Gasteiger partial charge in [-0.3, -0.25) is 0 Å². The van der Waals surface area contributed by atoms with Crippen LogP contribution in [0.1, 0.15) is 32.2 Å². The first-order valence-corrected chi connectivity index (χ1v) is 15.7. The molecular formula is C27H26Br2ClN5O3S. The Morgan fingerprint density at radius 1 is 1.05 bits per heavy atom. The summed E-state index contributed by atoms with van der Waals surface area (Å²) in [5.41, 5.74) is 4.01. The van der Waals surface area contributed by atoms with Crippen molar-refractivity contribution < 1.29 is 17.5 Å². The van der Waals surface area contributed by atoms with E-state index in [-0.39, 0.29) is 6.54 Å². The van der Waals surface area contributed by atoms with Gasteiger partial charge in [-0.05, 0) is 76.9 Å². The monoisotopic (exact) mass is 693 g/mol. The number of halogens is 3. The Morgan fingerprint density at radius 2 is 1.67 bits per heavy atom. The van der Waals surface area contributed by atoms with Crippen molar-refractivity contribution >= 4 is 82.1 Å². The molecule has 0 fully saturated rings. The van der Waals surface area contributed by atoms with Crippen LogP contribution in [0.5, 0.6) is 0 Å². The van der Waals surface area contributed by atoms with E-state index in [4.69, 9.17) is 11.6 Å². The average molecular weight is 696 g/mol. The van der Waals surface area contributed by atoms with Crippen LogP contribution < -0.4 is 14.4 Å². The Labute approximate surface area is 250 Å². The van der Waals surface area contributed by atoms with Crippen LogP contribution in [0.25, 0.3) is 17.1 Å². The van der Waals surface area contributed by atoms with Crippen molar-refractivity contribution in [3.63, 3.8) is 0 Å². The van der Waals surface area contributed by atoms with Crippen molar-refractivity contribution in [2.24, 2.45) is 0 Å². The lowest BCUT2D eigenvalue weighted by molar-refractivity contribution is -0.663. The second-order valence-corrected chi connectivity index (χ2v) is 12.0. The number of imidazole rings is 1. The van der Waals surface area contributed by atoms with Crippen LogP contribution in [0.2, 0.25) is 5.02 Å². The third-order valence-electron chi connectivity index (χ3n) is 6.46. The van der Waals surface area contributed by atoms with Crippen LogP contribution in [0, 0.1) is 11.3 Å². The Morgan fingerprint density at radius 3 is 2.18 bits per heavy atom. The van der Waals surface area contributed by atoms with E-state index in [1.54, 1.807) is 12.1 Å². The second-order valence-electron chi connectivity index (χ2n) is 8.64. The summed E-state index contributed by atoms with van der Waals surface area (Å²) in [6.07, 6.45) is 7.24. The highest BCUT2D eigenvalue weighted by Gasteiger charge is 2.30. The maximum atomic E-state index is 11.2. The first-order chi connectivity index (χ1) is 18.5. The topological polar surface area (TPSA) is 96.3 Å². The van der Waals surface area contributed by atoms with E-state index < -0.39 is 10.1 Å². The van der Waals surface area contributed by atoms with Crippen LogP contribution in [0.3, 0.4) is 0 Å². The summed E-state index contributed by atoms with van der Waals surface area (Å²) in [4.78, 5) is 4.48. The fourth-order valence-corrected chi connectivity index (χ4v) is 6.03. The van der Waals surface area contributed by atoms with Gasteiger partial charge in [-0.2, -0.15) is 5.26 Å². The van der Waals surface area contributed by atoms with Gasteiger partial charge in [-0.1, -0.05) is 17.7 Å². The molecule has 3 aromatic rings. The molecular weight excluding hydrogens is 670 g/mol. The molecule has 0 saturated carbocycles. The van der Waals surface area contributed by atoms with E-state index in [0.29, 0.717) is 28.1 Å². The number of aromatic nitrogens is 2. The molecule has 2 heterocycles. The molecule has 4 rings (SSSR count). The molecule has 0 aliphatic carbocycles. The number of nitriles is 1. The molecule has 0 amide bonds. The molecule has 0 unspecified atom stereocenters. The van der Waals surface area contributed by atoms with Crippen molar-refractivity contribution in [3.05, 3.63) is 79.1 Å². The van der Waals surface area contributed by atoms with Gasteiger partial charge in [0.05, 0.1) is 28.5 Å². The smallest absolute Gasteiger partial charge is 0.282 e. The lowest BCUT2D eigenvalue weighted by atomic mass is 10.2. The van der Waals surface area contributed by atoms with Crippen molar-refractivity contribution in [2.45, 2.75) is 33.9 Å². The zero-order valence-electron chi connectivity index (χ0n) is 21.5. The summed E-state index contributed by atoms with van der Waals surface area (Å²) >= 11 is 13.6. The van der Waals surface area contributed by atoms with Crippen LogP contribution in [0.4, 0.5) is 11.4 Å². The van der Waals surface area contributed by atoms with E-state index in [2.05, 4.69) is 73.7 Å². The minimum absolute atomic E-state index is 0.114. The fraction of sp³-hybridized carbons (Fsp3) is 0.259. The van der Waals surface area contributed by atoms with Gasteiger partial charge in [0.25, 0.3) is 5.82 Å². The van der Waals surface area contributed by atoms with Gasteiger partial charge in [-0.15, -0.1) is 0 Å². The summed E-state index contributed by atoms with van der Waals surface area (Å²) in [7, 11) is -4.53. The highest BCUT2D eigenvalue weighted by atomic mass is 79.9. The lowest BCUT2D eigenvalue weighted by Crippen LogP contribution is -2.36. The van der Waals surface area contributed by atoms with Gasteiger partial charge in [0.15, 0.2) is 11.0 Å². The molecule has 39 heavy (non-hydrogen) atoms. The molecule has 0 N–H and O–H groups in total. The van der Waals surface area contributed by atoms with Crippen molar-refractivity contribution in [1.29, 1.82) is 5.26 Å². The second kappa shape index (κ2) is 11.9. The third-order valence-corrected chi connectivity index (χ3v) is 9.14. The normalized spacial score (nSPS) is 13.7. The van der Waals surface area contributed by atoms with Crippen LogP contribution in [-0.4, -0.2) is 30.6 Å². The van der Waals surface area contributed by atoms with Crippen LogP contribution in [-0.2, 0) is 23.2 Å². The van der Waals surface area contributed by atoms with E-state index in [9.17, 15) is 18.2 Å². The molecule has 2 aromatic carbocycles. The first kappa shape index (κ1) is 29.4. The number of anilines is 2. The van der Waals surface area contributed by atoms with Gasteiger partial charge in [0.2, 0.25) is 0 Å². The SMILES string of the molecule is CCN1C(=CC=Cc2n(CC)c3cc(Cl)c(C#N)cc3[n+]2CC=CS(=O)(=O)[O-])N(CC)c2cc(Br)c(Br)cc21. The van der Waals surface area contributed by atoms with Crippen LogP contribution in [0.15, 0.2) is 62.7 Å². The zero-order chi connectivity index (χ0) is 28.5. The van der Waals surface area contributed by atoms with E-state index in [1.807, 2.05) is 34.3 Å². The average Bonchev–Trinajstić information content (AvgIpc) is 3.33. The Balaban J connectivity index is 1.85. The maximum absolute atomic E-state index is 11.2. The third kappa shape index (κ3) is 5.81. The van der Waals surface area contributed by atoms with E-state index in [0.717, 1.165) is 50.6 Å². The van der Waals surface area contributed by atoms with Gasteiger partial charge in [-0.25, -0.2) is 17.6 Å². The van der Waals surface area contributed by atoms with Crippen molar-refractivity contribution in [3.8, 4) is 6.07 Å². The summed E-state index contributed by atoms with van der Waals surface area (Å²) in [6.45, 7) is 8.46. The molecule has 1 aromatic heterocycles. The van der Waals surface area contributed by atoms with Crippen LogP contribution >= 0.6 is 43.5 Å². The van der Waals surface area contributed by atoms with Gasteiger partial charge in [0.1, 0.15) is 28.6 Å². The lowest BCUT2D eigenvalue weighted by Gasteiger charge is -2.23. The number of allylic oxidation sites excluding steroid dienone is 3. The van der Waals surface area contributed by atoms with E-state index in [1.165, 1.54) is 6.08 Å². The molecule has 0 radical (unpaired) electrons. The number of hydrogen-bond donors (Lipinski definition) is 0. The van der Waals surface area contributed by atoms with Crippen molar-refractivity contribution in [1.82, 2.24) is 4.57 Å². The van der Waals surface area contributed by atoms with Crippen molar-refractivity contribution in [2.75, 3.05) is 22.9 Å². The Bertz CT molecular complexity index is 1650. The molecule has 8 nitrogen and oxygen atoms in total. The number of aryl methyl sites for hydroxylation is 1. The minimum Gasteiger partial charge on any atom is -0.744 e. The highest BCUT2D eigenvalue weighted by Crippen LogP contribution is 2.45. The molecule has 204 valence electrons. The molecule has 0 saturated heterocycles. The number of rotatable bonds is 8. The summed E-state index contributed by atoms with van der Waals surface area (Å²) in [6, 6.07) is 9.72. The standard InChI is InChI=1S/C27H26Br2ClN5O3S/c1-4-32-23-14-19(28)20(29)15-24(23)33(5-2)26(32)9-7-10-27-34(6-3)25-16-21(30)18(17-31)13-22(25)35(27)11-8-12-39(36,37)38/h7-10,12-16H,4-6,11H2,1-3H3. The summed E-state index contributed by atoms with van der Waals surface area (Å²) in [5, 5.41) is 10.5. The van der Waals surface area contributed by atoms with Gasteiger partial charge >= 0.3 is 0 Å². The number of benzene rings is 2. The molecule has 12 heteroatoms. The Kier molecular flexibility index (Phi) is 8.93. The summed E-state index contributed by atoms with van der Waals surface area (Å²) in [5.74, 6) is 1.78. The number of fused-ring (bicyclic) bond motifs is 2. The predicted molar refractivity (Wildman–Crippen MR) is 161 cm³/mol. The number of nitrogens with zero attached hydrogens (tertiary/aromatic N) is 5. The molecule has 0 atom stereocenters. The van der Waals surface area contributed by atoms with Gasteiger partial charge < -0.3 is 14.4 Å². The fourth-order valence-electron chi connectivity index (χ4n) is 4.85. The quantitative estimate of drug-likeness (QED) is 0.204. The summed E-state index contributed by atoms with van der Waals surface area (Å²) < 4.78 is 39.4. The zero-order valence-corrected chi connectivity index (χ0v) is 26.3.